The van der Waals surface area contributed by atoms with Gasteiger partial charge in [0.25, 0.3) is 0 Å². The smallest absolute Gasteiger partial charge is 0.303 e. The van der Waals surface area contributed by atoms with Gasteiger partial charge in [-0.2, -0.15) is 0 Å². The molecular formula is C17H30O3. The van der Waals surface area contributed by atoms with Crippen LogP contribution in [0.2, 0.25) is 0 Å². The molecule has 3 heteroatoms. The molecule has 0 bridgehead atoms. The lowest BCUT2D eigenvalue weighted by Crippen LogP contribution is -2.54. The van der Waals surface area contributed by atoms with Gasteiger partial charge in [0.2, 0.25) is 0 Å². The maximum absolute atomic E-state index is 11.3. The van der Waals surface area contributed by atoms with Gasteiger partial charge in [-0.1, -0.05) is 13.3 Å². The van der Waals surface area contributed by atoms with Gasteiger partial charge in [-0.3, -0.25) is 4.79 Å². The molecule has 0 radical (unpaired) electrons. The highest BCUT2D eigenvalue weighted by Crippen LogP contribution is 2.56. The standard InChI is InChI=1S/C17H30O3/c1-12(18)20-15(2,3)13-7-10-16(4)8-6-9-17(5,19)14(16)11-13/h13-14,19H,6-11H2,1-5H3. The van der Waals surface area contributed by atoms with Crippen LogP contribution in [-0.2, 0) is 9.53 Å². The van der Waals surface area contributed by atoms with Crippen LogP contribution in [0.3, 0.4) is 0 Å². The molecule has 2 fully saturated rings. The first-order chi connectivity index (χ1) is 9.07. The van der Waals surface area contributed by atoms with E-state index < -0.39 is 11.2 Å². The Morgan fingerprint density at radius 3 is 2.50 bits per heavy atom. The number of fused-ring (bicyclic) bond motifs is 1. The van der Waals surface area contributed by atoms with E-state index in [4.69, 9.17) is 4.74 Å². The van der Waals surface area contributed by atoms with E-state index in [0.29, 0.717) is 11.8 Å². The molecular weight excluding hydrogens is 252 g/mol. The largest absolute Gasteiger partial charge is 0.460 e. The fourth-order valence-electron chi connectivity index (χ4n) is 4.78. The minimum Gasteiger partial charge on any atom is -0.460 e. The Kier molecular flexibility index (Phi) is 3.96. The molecule has 116 valence electrons. The third-order valence-electron chi connectivity index (χ3n) is 6.00. The Labute approximate surface area is 123 Å². The van der Waals surface area contributed by atoms with Crippen molar-refractivity contribution < 1.29 is 14.6 Å². The van der Waals surface area contributed by atoms with E-state index in [1.807, 2.05) is 20.8 Å². The fraction of sp³-hybridized carbons (Fsp3) is 0.941. The second kappa shape index (κ2) is 5.01. The Hall–Kier alpha value is -0.570. The van der Waals surface area contributed by atoms with Crippen LogP contribution in [0.25, 0.3) is 0 Å². The second-order valence-corrected chi connectivity index (χ2v) is 8.09. The Balaban J connectivity index is 2.17. The lowest BCUT2D eigenvalue weighted by atomic mass is 9.52. The fourth-order valence-corrected chi connectivity index (χ4v) is 4.78. The topological polar surface area (TPSA) is 46.5 Å². The zero-order valence-electron chi connectivity index (χ0n) is 13.7. The predicted octanol–water partition coefficient (Wildman–Crippen LogP) is 3.69. The molecule has 3 nitrogen and oxygen atoms in total. The predicted molar refractivity (Wildman–Crippen MR) is 79.3 cm³/mol. The van der Waals surface area contributed by atoms with Crippen molar-refractivity contribution in [3.8, 4) is 0 Å². The molecule has 0 spiro atoms. The first-order valence-electron chi connectivity index (χ1n) is 7.99. The number of rotatable bonds is 2. The maximum Gasteiger partial charge on any atom is 0.303 e. The number of hydrogen-bond acceptors (Lipinski definition) is 3. The quantitative estimate of drug-likeness (QED) is 0.786. The normalized spacial score (nSPS) is 41.9. The summed E-state index contributed by atoms with van der Waals surface area (Å²) in [6, 6.07) is 0. The van der Waals surface area contributed by atoms with Crippen LogP contribution >= 0.6 is 0 Å². The van der Waals surface area contributed by atoms with Gasteiger partial charge in [0.15, 0.2) is 0 Å². The summed E-state index contributed by atoms with van der Waals surface area (Å²) in [5, 5.41) is 10.8. The molecule has 0 amide bonds. The van der Waals surface area contributed by atoms with Crippen LogP contribution in [0.5, 0.6) is 0 Å². The molecule has 2 saturated carbocycles. The molecule has 0 heterocycles. The summed E-state index contributed by atoms with van der Waals surface area (Å²) in [4.78, 5) is 11.3. The third-order valence-corrected chi connectivity index (χ3v) is 6.00. The molecule has 2 aliphatic rings. The summed E-state index contributed by atoms with van der Waals surface area (Å²) in [6.45, 7) is 9.83. The second-order valence-electron chi connectivity index (χ2n) is 8.09. The third kappa shape index (κ3) is 2.88. The van der Waals surface area contributed by atoms with Gasteiger partial charge in [0.05, 0.1) is 5.60 Å². The zero-order valence-corrected chi connectivity index (χ0v) is 13.7. The van der Waals surface area contributed by atoms with Crippen molar-refractivity contribution in [3.05, 3.63) is 0 Å². The van der Waals surface area contributed by atoms with Gasteiger partial charge in [-0.15, -0.1) is 0 Å². The van der Waals surface area contributed by atoms with Crippen LogP contribution in [0.1, 0.15) is 73.1 Å². The average molecular weight is 282 g/mol. The first-order valence-corrected chi connectivity index (χ1v) is 7.99. The number of hydrogen-bond donors (Lipinski definition) is 1. The molecule has 20 heavy (non-hydrogen) atoms. The molecule has 0 aromatic rings. The molecule has 2 aliphatic carbocycles. The van der Waals surface area contributed by atoms with Crippen molar-refractivity contribution in [1.82, 2.24) is 0 Å². The van der Waals surface area contributed by atoms with E-state index in [-0.39, 0.29) is 11.4 Å². The molecule has 1 N–H and O–H groups in total. The van der Waals surface area contributed by atoms with Crippen molar-refractivity contribution >= 4 is 5.97 Å². The van der Waals surface area contributed by atoms with Crippen LogP contribution < -0.4 is 0 Å². The summed E-state index contributed by atoms with van der Waals surface area (Å²) >= 11 is 0. The zero-order chi connectivity index (χ0) is 15.2. The monoisotopic (exact) mass is 282 g/mol. The van der Waals surface area contributed by atoms with Gasteiger partial charge >= 0.3 is 5.97 Å². The van der Waals surface area contributed by atoms with Gasteiger partial charge in [0.1, 0.15) is 5.60 Å². The van der Waals surface area contributed by atoms with E-state index in [0.717, 1.165) is 32.1 Å². The molecule has 4 unspecified atom stereocenters. The SMILES string of the molecule is CC(=O)OC(C)(C)C1CCC2(C)CCCC(C)(O)C2C1. The number of ether oxygens (including phenoxy) is 1. The molecule has 0 aliphatic heterocycles. The number of carbonyl (C=O) groups excluding carboxylic acids is 1. The van der Waals surface area contributed by atoms with Gasteiger partial charge in [-0.25, -0.2) is 0 Å². The Morgan fingerprint density at radius 1 is 1.25 bits per heavy atom. The van der Waals surface area contributed by atoms with E-state index in [2.05, 4.69) is 6.92 Å². The van der Waals surface area contributed by atoms with Crippen molar-refractivity contribution in [2.75, 3.05) is 0 Å². The lowest BCUT2D eigenvalue weighted by Gasteiger charge is -2.55. The first kappa shape index (κ1) is 15.8. The lowest BCUT2D eigenvalue weighted by molar-refractivity contribution is -0.172. The Morgan fingerprint density at radius 2 is 1.90 bits per heavy atom. The highest BCUT2D eigenvalue weighted by atomic mass is 16.6. The summed E-state index contributed by atoms with van der Waals surface area (Å²) in [7, 11) is 0. The van der Waals surface area contributed by atoms with E-state index in [1.165, 1.54) is 13.3 Å². The maximum atomic E-state index is 11.3. The molecule has 4 atom stereocenters. The summed E-state index contributed by atoms with van der Waals surface area (Å²) in [5.41, 5.74) is -0.747. The number of esters is 1. The van der Waals surface area contributed by atoms with Crippen LogP contribution in [0, 0.1) is 17.3 Å². The summed E-state index contributed by atoms with van der Waals surface area (Å²) in [6.07, 6.45) is 6.41. The van der Waals surface area contributed by atoms with E-state index >= 15 is 0 Å². The molecule has 0 aromatic heterocycles. The van der Waals surface area contributed by atoms with Gasteiger partial charge in [0, 0.05) is 6.92 Å². The molecule has 0 saturated heterocycles. The van der Waals surface area contributed by atoms with Crippen molar-refractivity contribution in [2.24, 2.45) is 17.3 Å². The van der Waals surface area contributed by atoms with Crippen molar-refractivity contribution in [3.63, 3.8) is 0 Å². The van der Waals surface area contributed by atoms with Crippen molar-refractivity contribution in [2.45, 2.75) is 84.3 Å². The average Bonchev–Trinajstić information content (AvgIpc) is 2.25. The Bertz CT molecular complexity index is 386. The minimum atomic E-state index is -0.571. The van der Waals surface area contributed by atoms with E-state index in [9.17, 15) is 9.90 Å². The highest BCUT2D eigenvalue weighted by Gasteiger charge is 2.53. The van der Waals surface area contributed by atoms with Crippen LogP contribution in [0.15, 0.2) is 0 Å². The van der Waals surface area contributed by atoms with Gasteiger partial charge < -0.3 is 9.84 Å². The van der Waals surface area contributed by atoms with Gasteiger partial charge in [-0.05, 0) is 70.1 Å². The number of aliphatic hydroxyl groups is 1. The van der Waals surface area contributed by atoms with Crippen LogP contribution in [-0.4, -0.2) is 22.3 Å². The summed E-state index contributed by atoms with van der Waals surface area (Å²) < 4.78 is 5.54. The molecule has 2 rings (SSSR count). The number of carbonyl (C=O) groups is 1. The van der Waals surface area contributed by atoms with E-state index in [1.54, 1.807) is 0 Å². The van der Waals surface area contributed by atoms with Crippen LogP contribution in [0.4, 0.5) is 0 Å². The highest BCUT2D eigenvalue weighted by molar-refractivity contribution is 5.66. The molecule has 0 aromatic carbocycles. The minimum absolute atomic E-state index is 0.210. The summed E-state index contributed by atoms with van der Waals surface area (Å²) in [5.74, 6) is 0.449. The van der Waals surface area contributed by atoms with Crippen molar-refractivity contribution in [1.29, 1.82) is 0 Å².